The van der Waals surface area contributed by atoms with Crippen molar-refractivity contribution in [3.05, 3.63) is 65.9 Å². The van der Waals surface area contributed by atoms with Gasteiger partial charge in [-0.2, -0.15) is 13.2 Å². The summed E-state index contributed by atoms with van der Waals surface area (Å²) in [5, 5.41) is 3.97. The molecule has 1 aliphatic rings. The summed E-state index contributed by atoms with van der Waals surface area (Å²) in [4.78, 5) is 6.18. The van der Waals surface area contributed by atoms with Gasteiger partial charge in [-0.1, -0.05) is 30.3 Å². The van der Waals surface area contributed by atoms with Gasteiger partial charge in [-0.15, -0.1) is 0 Å². The highest BCUT2D eigenvalue weighted by atomic mass is 19.4. The normalized spacial score (nSPS) is 16.0. The van der Waals surface area contributed by atoms with Gasteiger partial charge in [0.15, 0.2) is 0 Å². The predicted octanol–water partition coefficient (Wildman–Crippen LogP) is 5.51. The monoisotopic (exact) mass is 415 g/mol. The van der Waals surface area contributed by atoms with Crippen molar-refractivity contribution in [1.82, 2.24) is 9.88 Å². The molecule has 7 heteroatoms. The van der Waals surface area contributed by atoms with E-state index < -0.39 is 11.9 Å². The zero-order valence-electron chi connectivity index (χ0n) is 16.7. The minimum atomic E-state index is -4.50. The van der Waals surface area contributed by atoms with E-state index in [-0.39, 0.29) is 6.04 Å². The molecule has 4 rings (SSSR count). The molecule has 0 saturated carbocycles. The molecule has 1 N–H and O–H groups in total. The maximum Gasteiger partial charge on any atom is 0.433 e. The lowest BCUT2D eigenvalue weighted by Crippen LogP contribution is -2.31. The standard InChI is InChI=1S/C23H24F3N3O/c1-30-17-10-8-16(9-11-17)21(29-12-4-5-13-29)15-27-20-14-22(23(24,25)26)28-19-7-3-2-6-18(19)20/h2-3,6-11,14,21H,4-5,12-13,15H2,1H3,(H,27,28)/t21-/m0/s1. The number of fused-ring (bicyclic) bond motifs is 1. The number of hydrogen-bond donors (Lipinski definition) is 1. The topological polar surface area (TPSA) is 37.4 Å². The fourth-order valence-corrected chi connectivity index (χ4v) is 4.01. The number of methoxy groups -OCH3 is 1. The van der Waals surface area contributed by atoms with Crippen LogP contribution >= 0.6 is 0 Å². The molecule has 0 radical (unpaired) electrons. The van der Waals surface area contributed by atoms with Gasteiger partial charge in [0.2, 0.25) is 0 Å². The van der Waals surface area contributed by atoms with E-state index in [0.717, 1.165) is 43.3 Å². The van der Waals surface area contributed by atoms with E-state index in [1.54, 1.807) is 25.3 Å². The first-order valence-electron chi connectivity index (χ1n) is 10.0. The Morgan fingerprint density at radius 2 is 1.77 bits per heavy atom. The van der Waals surface area contributed by atoms with Crippen LogP contribution in [0.25, 0.3) is 10.9 Å². The summed E-state index contributed by atoms with van der Waals surface area (Å²) in [6.45, 7) is 2.45. The van der Waals surface area contributed by atoms with Crippen molar-refractivity contribution in [3.8, 4) is 5.75 Å². The molecular weight excluding hydrogens is 391 g/mol. The van der Waals surface area contributed by atoms with Crippen molar-refractivity contribution >= 4 is 16.6 Å². The third-order valence-electron chi connectivity index (χ3n) is 5.57. The van der Waals surface area contributed by atoms with Crippen LogP contribution in [0.1, 0.15) is 30.1 Å². The Kier molecular flexibility index (Phi) is 5.81. The van der Waals surface area contributed by atoms with Crippen LogP contribution in [0, 0.1) is 0 Å². The SMILES string of the molecule is COc1ccc([C@H](CNc2cc(C(F)(F)F)nc3ccccc23)N2CCCC2)cc1. The smallest absolute Gasteiger partial charge is 0.433 e. The molecule has 1 saturated heterocycles. The van der Waals surface area contributed by atoms with Gasteiger partial charge in [0.1, 0.15) is 11.4 Å². The molecule has 0 bridgehead atoms. The molecule has 0 spiro atoms. The molecule has 1 aliphatic heterocycles. The minimum absolute atomic E-state index is 0.0553. The Balaban J connectivity index is 1.65. The van der Waals surface area contributed by atoms with Crippen LogP contribution in [0.4, 0.5) is 18.9 Å². The first-order valence-corrected chi connectivity index (χ1v) is 10.0. The zero-order valence-corrected chi connectivity index (χ0v) is 16.7. The molecule has 0 amide bonds. The number of hydrogen-bond acceptors (Lipinski definition) is 4. The molecule has 2 heterocycles. The van der Waals surface area contributed by atoms with Crippen molar-refractivity contribution in [3.63, 3.8) is 0 Å². The van der Waals surface area contributed by atoms with Crippen LogP contribution in [-0.4, -0.2) is 36.6 Å². The molecular formula is C23H24F3N3O. The van der Waals surface area contributed by atoms with Gasteiger partial charge < -0.3 is 10.1 Å². The van der Waals surface area contributed by atoms with Gasteiger partial charge in [-0.3, -0.25) is 4.90 Å². The lowest BCUT2D eigenvalue weighted by Gasteiger charge is -2.29. The molecule has 1 aromatic heterocycles. The third kappa shape index (κ3) is 4.36. The number of ether oxygens (including phenoxy) is 1. The first-order chi connectivity index (χ1) is 14.5. The summed E-state index contributed by atoms with van der Waals surface area (Å²) in [5.74, 6) is 0.779. The lowest BCUT2D eigenvalue weighted by molar-refractivity contribution is -0.140. The number of aromatic nitrogens is 1. The Hall–Kier alpha value is -2.80. The Labute approximate surface area is 173 Å². The first kappa shape index (κ1) is 20.5. The Morgan fingerprint density at radius 3 is 2.43 bits per heavy atom. The number of alkyl halides is 3. The second-order valence-corrected chi connectivity index (χ2v) is 7.48. The van der Waals surface area contributed by atoms with Gasteiger partial charge in [0.05, 0.1) is 18.7 Å². The van der Waals surface area contributed by atoms with Gasteiger partial charge >= 0.3 is 6.18 Å². The number of nitrogens with one attached hydrogen (secondary N) is 1. The summed E-state index contributed by atoms with van der Waals surface area (Å²) >= 11 is 0. The molecule has 1 atom stereocenters. The molecule has 2 aromatic carbocycles. The van der Waals surface area contributed by atoms with E-state index >= 15 is 0 Å². The summed E-state index contributed by atoms with van der Waals surface area (Å²) < 4.78 is 45.4. The van der Waals surface area contributed by atoms with Crippen LogP contribution in [-0.2, 0) is 6.18 Å². The maximum absolute atomic E-state index is 13.4. The highest BCUT2D eigenvalue weighted by Crippen LogP contribution is 2.34. The fraction of sp³-hybridized carbons (Fsp3) is 0.348. The van der Waals surface area contributed by atoms with Crippen molar-refractivity contribution in [1.29, 1.82) is 0 Å². The number of para-hydroxylation sites is 1. The van der Waals surface area contributed by atoms with E-state index in [9.17, 15) is 13.2 Å². The second kappa shape index (κ2) is 8.52. The van der Waals surface area contributed by atoms with E-state index in [1.165, 1.54) is 0 Å². The minimum Gasteiger partial charge on any atom is -0.497 e. The average molecular weight is 415 g/mol. The summed E-state index contributed by atoms with van der Waals surface area (Å²) in [5.41, 5.74) is 1.01. The van der Waals surface area contributed by atoms with E-state index in [4.69, 9.17) is 4.74 Å². The molecule has 0 aliphatic carbocycles. The number of benzene rings is 2. The number of rotatable bonds is 6. The molecule has 30 heavy (non-hydrogen) atoms. The molecule has 3 aromatic rings. The Bertz CT molecular complexity index is 999. The summed E-state index contributed by atoms with van der Waals surface area (Å²) in [6, 6.07) is 16.0. The van der Waals surface area contributed by atoms with Crippen LogP contribution < -0.4 is 10.1 Å². The Morgan fingerprint density at radius 1 is 1.07 bits per heavy atom. The van der Waals surface area contributed by atoms with Gasteiger partial charge in [-0.05, 0) is 55.8 Å². The van der Waals surface area contributed by atoms with Crippen molar-refractivity contribution in [2.75, 3.05) is 32.1 Å². The molecule has 0 unspecified atom stereocenters. The number of anilines is 1. The summed E-state index contributed by atoms with van der Waals surface area (Å²) in [7, 11) is 1.63. The van der Waals surface area contributed by atoms with Gasteiger partial charge in [0, 0.05) is 17.6 Å². The zero-order chi connectivity index (χ0) is 21.1. The van der Waals surface area contributed by atoms with Crippen molar-refractivity contribution in [2.45, 2.75) is 25.1 Å². The van der Waals surface area contributed by atoms with E-state index in [1.807, 2.05) is 30.3 Å². The highest BCUT2D eigenvalue weighted by Gasteiger charge is 2.33. The van der Waals surface area contributed by atoms with Gasteiger partial charge in [0.25, 0.3) is 0 Å². The van der Waals surface area contributed by atoms with Crippen molar-refractivity contribution in [2.24, 2.45) is 0 Å². The fourth-order valence-electron chi connectivity index (χ4n) is 4.01. The number of pyridine rings is 1. The van der Waals surface area contributed by atoms with E-state index in [0.29, 0.717) is 23.1 Å². The number of likely N-dealkylation sites (tertiary alicyclic amines) is 1. The predicted molar refractivity (Wildman–Crippen MR) is 112 cm³/mol. The van der Waals surface area contributed by atoms with Crippen molar-refractivity contribution < 1.29 is 17.9 Å². The number of halogens is 3. The maximum atomic E-state index is 13.4. The van der Waals surface area contributed by atoms with Crippen LogP contribution in [0.5, 0.6) is 5.75 Å². The molecule has 1 fully saturated rings. The van der Waals surface area contributed by atoms with E-state index in [2.05, 4.69) is 15.2 Å². The second-order valence-electron chi connectivity index (χ2n) is 7.48. The van der Waals surface area contributed by atoms with Gasteiger partial charge in [-0.25, -0.2) is 4.98 Å². The summed E-state index contributed by atoms with van der Waals surface area (Å²) in [6.07, 6.45) is -2.24. The van der Waals surface area contributed by atoms with Crippen LogP contribution in [0.2, 0.25) is 0 Å². The number of nitrogens with zero attached hydrogens (tertiary/aromatic N) is 2. The third-order valence-corrected chi connectivity index (χ3v) is 5.57. The highest BCUT2D eigenvalue weighted by molar-refractivity contribution is 5.91. The molecule has 4 nitrogen and oxygen atoms in total. The lowest BCUT2D eigenvalue weighted by atomic mass is 10.0. The van der Waals surface area contributed by atoms with Crippen LogP contribution in [0.3, 0.4) is 0 Å². The quantitative estimate of drug-likeness (QED) is 0.576. The van der Waals surface area contributed by atoms with Crippen LogP contribution in [0.15, 0.2) is 54.6 Å². The molecule has 158 valence electrons. The largest absolute Gasteiger partial charge is 0.497 e. The average Bonchev–Trinajstić information content (AvgIpc) is 3.28.